The molecule has 7 nitrogen and oxygen atoms in total. The third-order valence-corrected chi connectivity index (χ3v) is 4.32. The van der Waals surface area contributed by atoms with E-state index in [1.54, 1.807) is 25.2 Å². The SMILES string of the molecule is CN(C)C(=O)CN1CCCN(C(=O)CCc2ccnn2C)CC1. The molecule has 0 radical (unpaired) electrons. The van der Waals surface area contributed by atoms with Crippen molar-refractivity contribution in [2.75, 3.05) is 46.8 Å². The van der Waals surface area contributed by atoms with Crippen molar-refractivity contribution in [3.63, 3.8) is 0 Å². The Balaban J connectivity index is 1.79. The largest absolute Gasteiger partial charge is 0.348 e. The van der Waals surface area contributed by atoms with Crippen LogP contribution in [0.3, 0.4) is 0 Å². The van der Waals surface area contributed by atoms with Gasteiger partial charge in [0.2, 0.25) is 11.8 Å². The van der Waals surface area contributed by atoms with E-state index in [4.69, 9.17) is 0 Å². The molecule has 0 aliphatic carbocycles. The fourth-order valence-corrected chi connectivity index (χ4v) is 2.75. The molecule has 0 aromatic carbocycles. The van der Waals surface area contributed by atoms with Crippen molar-refractivity contribution in [3.05, 3.63) is 18.0 Å². The van der Waals surface area contributed by atoms with Crippen LogP contribution in [0.15, 0.2) is 12.3 Å². The number of amides is 2. The van der Waals surface area contributed by atoms with E-state index in [2.05, 4.69) is 10.00 Å². The minimum atomic E-state index is 0.112. The van der Waals surface area contributed by atoms with Gasteiger partial charge in [0.15, 0.2) is 0 Å². The lowest BCUT2D eigenvalue weighted by atomic mass is 10.2. The fourth-order valence-electron chi connectivity index (χ4n) is 2.75. The Morgan fingerprint density at radius 2 is 2.00 bits per heavy atom. The van der Waals surface area contributed by atoms with E-state index in [0.29, 0.717) is 25.9 Å². The molecule has 0 spiro atoms. The van der Waals surface area contributed by atoms with Gasteiger partial charge in [-0.1, -0.05) is 0 Å². The highest BCUT2D eigenvalue weighted by atomic mass is 16.2. The molecule has 7 heteroatoms. The highest BCUT2D eigenvalue weighted by Crippen LogP contribution is 2.08. The molecule has 0 bridgehead atoms. The molecular formula is C16H27N5O2. The highest BCUT2D eigenvalue weighted by molar-refractivity contribution is 5.78. The number of aromatic nitrogens is 2. The average Bonchev–Trinajstić information content (AvgIpc) is 2.78. The maximum atomic E-state index is 12.4. The normalized spacial score (nSPS) is 16.2. The summed E-state index contributed by atoms with van der Waals surface area (Å²) in [6.45, 7) is 3.54. The number of likely N-dealkylation sites (N-methyl/N-ethyl adjacent to an activating group) is 1. The smallest absolute Gasteiger partial charge is 0.236 e. The topological polar surface area (TPSA) is 61.7 Å². The lowest BCUT2D eigenvalue weighted by molar-refractivity contribution is -0.131. The molecule has 0 saturated carbocycles. The number of nitrogens with zero attached hydrogens (tertiary/aromatic N) is 5. The van der Waals surface area contributed by atoms with Crippen LogP contribution in [-0.2, 0) is 23.1 Å². The van der Waals surface area contributed by atoms with Crippen LogP contribution in [0.1, 0.15) is 18.5 Å². The number of hydrogen-bond donors (Lipinski definition) is 0. The van der Waals surface area contributed by atoms with Crippen LogP contribution in [0.2, 0.25) is 0 Å². The van der Waals surface area contributed by atoms with Crippen LogP contribution in [-0.4, -0.2) is 83.1 Å². The van der Waals surface area contributed by atoms with E-state index in [9.17, 15) is 9.59 Å². The van der Waals surface area contributed by atoms with Crippen molar-refractivity contribution in [1.29, 1.82) is 0 Å². The average molecular weight is 321 g/mol. The van der Waals surface area contributed by atoms with E-state index in [-0.39, 0.29) is 11.8 Å². The molecule has 1 fully saturated rings. The van der Waals surface area contributed by atoms with E-state index in [1.165, 1.54) is 0 Å². The summed E-state index contributed by atoms with van der Waals surface area (Å²) in [5, 5.41) is 4.12. The van der Waals surface area contributed by atoms with Crippen molar-refractivity contribution < 1.29 is 9.59 Å². The Morgan fingerprint density at radius 3 is 2.65 bits per heavy atom. The summed E-state index contributed by atoms with van der Waals surface area (Å²) < 4.78 is 1.81. The van der Waals surface area contributed by atoms with Gasteiger partial charge in [-0.2, -0.15) is 5.10 Å². The number of hydrogen-bond acceptors (Lipinski definition) is 4. The molecule has 23 heavy (non-hydrogen) atoms. The Morgan fingerprint density at radius 1 is 1.22 bits per heavy atom. The zero-order valence-electron chi connectivity index (χ0n) is 14.4. The Labute approximate surface area is 137 Å². The predicted molar refractivity (Wildman–Crippen MR) is 87.9 cm³/mol. The lowest BCUT2D eigenvalue weighted by Gasteiger charge is -2.22. The van der Waals surface area contributed by atoms with Gasteiger partial charge in [-0.15, -0.1) is 0 Å². The second-order valence-corrected chi connectivity index (χ2v) is 6.24. The molecule has 1 aliphatic rings. The molecule has 2 amide bonds. The first kappa shape index (κ1) is 17.5. The Kier molecular flexibility index (Phi) is 6.15. The molecule has 1 aromatic rings. The van der Waals surface area contributed by atoms with Gasteiger partial charge in [-0.05, 0) is 18.9 Å². The van der Waals surface area contributed by atoms with Crippen LogP contribution >= 0.6 is 0 Å². The monoisotopic (exact) mass is 321 g/mol. The fraction of sp³-hybridized carbons (Fsp3) is 0.688. The van der Waals surface area contributed by atoms with Gasteiger partial charge in [-0.3, -0.25) is 19.2 Å². The number of rotatable bonds is 5. The number of aryl methyl sites for hydroxylation is 2. The van der Waals surface area contributed by atoms with Gasteiger partial charge in [0, 0.05) is 65.6 Å². The van der Waals surface area contributed by atoms with E-state index < -0.39 is 0 Å². The molecule has 1 aromatic heterocycles. The lowest BCUT2D eigenvalue weighted by Crippen LogP contribution is -2.39. The maximum Gasteiger partial charge on any atom is 0.236 e. The molecule has 2 heterocycles. The summed E-state index contributed by atoms with van der Waals surface area (Å²) in [7, 11) is 5.44. The molecule has 0 atom stereocenters. The van der Waals surface area contributed by atoms with E-state index in [1.807, 2.05) is 22.7 Å². The van der Waals surface area contributed by atoms with E-state index in [0.717, 1.165) is 31.7 Å². The molecule has 0 N–H and O–H groups in total. The van der Waals surface area contributed by atoms with Crippen LogP contribution in [0.5, 0.6) is 0 Å². The first-order valence-corrected chi connectivity index (χ1v) is 8.14. The van der Waals surface area contributed by atoms with Crippen molar-refractivity contribution >= 4 is 11.8 Å². The zero-order valence-corrected chi connectivity index (χ0v) is 14.4. The maximum absolute atomic E-state index is 12.4. The molecule has 0 unspecified atom stereocenters. The molecule has 128 valence electrons. The summed E-state index contributed by atoms with van der Waals surface area (Å²) in [6, 6.07) is 1.95. The van der Waals surface area contributed by atoms with Crippen LogP contribution in [0, 0.1) is 0 Å². The minimum Gasteiger partial charge on any atom is -0.348 e. The standard InChI is InChI=1S/C16H27N5O2/c1-18(2)16(23)13-20-9-4-10-21(12-11-20)15(22)6-5-14-7-8-17-19(14)3/h7-8H,4-6,9-13H2,1-3H3. The first-order chi connectivity index (χ1) is 11.0. The molecule has 1 saturated heterocycles. The Bertz CT molecular complexity index is 540. The summed E-state index contributed by atoms with van der Waals surface area (Å²) >= 11 is 0. The second kappa shape index (κ2) is 8.10. The summed E-state index contributed by atoms with van der Waals surface area (Å²) in [6.07, 6.45) is 3.90. The molecular weight excluding hydrogens is 294 g/mol. The summed E-state index contributed by atoms with van der Waals surface area (Å²) in [4.78, 5) is 29.9. The number of carbonyl (C=O) groups is 2. The van der Waals surface area contributed by atoms with Crippen molar-refractivity contribution in [2.24, 2.45) is 7.05 Å². The summed E-state index contributed by atoms with van der Waals surface area (Å²) in [5.41, 5.74) is 1.08. The molecule has 2 rings (SSSR count). The van der Waals surface area contributed by atoms with Crippen molar-refractivity contribution in [1.82, 2.24) is 24.5 Å². The number of carbonyl (C=O) groups excluding carboxylic acids is 2. The van der Waals surface area contributed by atoms with Crippen LogP contribution in [0.4, 0.5) is 0 Å². The van der Waals surface area contributed by atoms with Crippen molar-refractivity contribution in [2.45, 2.75) is 19.3 Å². The minimum absolute atomic E-state index is 0.112. The van der Waals surface area contributed by atoms with Crippen molar-refractivity contribution in [3.8, 4) is 0 Å². The van der Waals surface area contributed by atoms with Crippen LogP contribution in [0.25, 0.3) is 0 Å². The van der Waals surface area contributed by atoms with Gasteiger partial charge in [0.05, 0.1) is 6.54 Å². The van der Waals surface area contributed by atoms with Gasteiger partial charge in [-0.25, -0.2) is 0 Å². The summed E-state index contributed by atoms with van der Waals surface area (Å²) in [5.74, 6) is 0.299. The third-order valence-electron chi connectivity index (χ3n) is 4.32. The quantitative estimate of drug-likeness (QED) is 0.764. The van der Waals surface area contributed by atoms with E-state index >= 15 is 0 Å². The van der Waals surface area contributed by atoms with Gasteiger partial charge >= 0.3 is 0 Å². The van der Waals surface area contributed by atoms with Crippen LogP contribution < -0.4 is 0 Å². The Hall–Kier alpha value is -1.89. The van der Waals surface area contributed by atoms with Gasteiger partial charge in [0.25, 0.3) is 0 Å². The van der Waals surface area contributed by atoms with Gasteiger partial charge < -0.3 is 9.80 Å². The molecule has 1 aliphatic heterocycles. The zero-order chi connectivity index (χ0) is 16.8. The first-order valence-electron chi connectivity index (χ1n) is 8.14. The second-order valence-electron chi connectivity index (χ2n) is 6.24. The highest BCUT2D eigenvalue weighted by Gasteiger charge is 2.20. The predicted octanol–water partition coefficient (Wildman–Crippen LogP) is -0.0248. The van der Waals surface area contributed by atoms with Gasteiger partial charge in [0.1, 0.15) is 0 Å². The third kappa shape index (κ3) is 5.06.